The second-order valence-corrected chi connectivity index (χ2v) is 8.56. The molecule has 1 N–H and O–H groups in total. The smallest absolute Gasteiger partial charge is 0.266 e. The van der Waals surface area contributed by atoms with Crippen molar-refractivity contribution in [3.8, 4) is 5.75 Å². The minimum Gasteiger partial charge on any atom is -0.481 e. The second-order valence-electron chi connectivity index (χ2n) is 5.95. The summed E-state index contributed by atoms with van der Waals surface area (Å²) < 4.78 is 19.3. The summed E-state index contributed by atoms with van der Waals surface area (Å²) in [6, 6.07) is 11.5. The largest absolute Gasteiger partial charge is 0.481 e. The van der Waals surface area contributed by atoms with Crippen LogP contribution in [0.3, 0.4) is 0 Å². The molecule has 0 fully saturated rings. The van der Waals surface area contributed by atoms with Crippen LogP contribution in [0.2, 0.25) is 5.02 Å². The number of hydrogen-bond donors (Lipinski definition) is 1. The van der Waals surface area contributed by atoms with Crippen LogP contribution in [0.5, 0.6) is 5.75 Å². The van der Waals surface area contributed by atoms with Gasteiger partial charge in [0.25, 0.3) is 5.91 Å². The maximum atomic E-state index is 12.9. The fourth-order valence-corrected chi connectivity index (χ4v) is 4.03. The molecule has 0 saturated heterocycles. The minimum atomic E-state index is -0.709. The number of amides is 1. The first kappa shape index (κ1) is 20.6. The molecule has 0 spiro atoms. The van der Waals surface area contributed by atoms with Gasteiger partial charge in [0.2, 0.25) is 5.13 Å². The van der Waals surface area contributed by atoms with Crippen molar-refractivity contribution in [1.82, 2.24) is 10.2 Å². The van der Waals surface area contributed by atoms with E-state index in [2.05, 4.69) is 15.5 Å². The Bertz CT molecular complexity index is 966. The van der Waals surface area contributed by atoms with E-state index in [0.29, 0.717) is 26.0 Å². The number of carbonyl (C=O) groups excluding carboxylic acids is 1. The van der Waals surface area contributed by atoms with Crippen molar-refractivity contribution < 1.29 is 13.9 Å². The molecular formula is C19H17ClFN3O2S2. The van der Waals surface area contributed by atoms with Gasteiger partial charge in [-0.15, -0.1) is 10.2 Å². The summed E-state index contributed by atoms with van der Waals surface area (Å²) in [5.41, 5.74) is 1.85. The van der Waals surface area contributed by atoms with Crippen LogP contribution in [-0.2, 0) is 10.5 Å². The Labute approximate surface area is 175 Å². The van der Waals surface area contributed by atoms with Crippen molar-refractivity contribution in [2.45, 2.75) is 30.0 Å². The SMILES string of the molecule is Cc1cc(OC(C)C(=O)Nc2nnc(SCc3ccc(F)cc3)s2)ccc1Cl. The molecule has 1 aromatic heterocycles. The molecule has 1 atom stereocenters. The minimum absolute atomic E-state index is 0.264. The number of nitrogens with one attached hydrogen (secondary N) is 1. The molecule has 2 aromatic carbocycles. The van der Waals surface area contributed by atoms with Crippen molar-refractivity contribution in [3.63, 3.8) is 0 Å². The topological polar surface area (TPSA) is 64.1 Å². The number of benzene rings is 2. The van der Waals surface area contributed by atoms with Gasteiger partial charge in [-0.05, 0) is 55.3 Å². The van der Waals surface area contributed by atoms with Crippen molar-refractivity contribution >= 4 is 45.7 Å². The molecule has 3 rings (SSSR count). The third-order valence-corrected chi connectivity index (χ3v) is 6.19. The Hall–Kier alpha value is -2.16. The molecule has 0 aliphatic heterocycles. The molecule has 5 nitrogen and oxygen atoms in total. The molecule has 28 heavy (non-hydrogen) atoms. The summed E-state index contributed by atoms with van der Waals surface area (Å²) in [5, 5.41) is 11.8. The number of nitrogens with zero attached hydrogens (tertiary/aromatic N) is 2. The van der Waals surface area contributed by atoms with Gasteiger partial charge in [-0.25, -0.2) is 4.39 Å². The number of aromatic nitrogens is 2. The fraction of sp³-hybridized carbons (Fsp3) is 0.211. The van der Waals surface area contributed by atoms with Gasteiger partial charge >= 0.3 is 0 Å². The number of rotatable bonds is 7. The molecule has 0 radical (unpaired) electrons. The molecule has 1 amide bonds. The number of halogens is 2. The van der Waals surface area contributed by atoms with E-state index in [4.69, 9.17) is 16.3 Å². The van der Waals surface area contributed by atoms with Gasteiger partial charge in [0, 0.05) is 10.8 Å². The van der Waals surface area contributed by atoms with E-state index in [-0.39, 0.29) is 11.7 Å². The van der Waals surface area contributed by atoms with E-state index >= 15 is 0 Å². The van der Waals surface area contributed by atoms with E-state index in [9.17, 15) is 9.18 Å². The second kappa shape index (κ2) is 9.36. The Kier molecular flexibility index (Phi) is 6.88. The van der Waals surface area contributed by atoms with E-state index in [1.165, 1.54) is 35.2 Å². The van der Waals surface area contributed by atoms with Gasteiger partial charge in [-0.1, -0.05) is 46.8 Å². The van der Waals surface area contributed by atoms with Crippen molar-refractivity contribution in [1.29, 1.82) is 0 Å². The molecular weight excluding hydrogens is 421 g/mol. The van der Waals surface area contributed by atoms with E-state index in [0.717, 1.165) is 11.1 Å². The van der Waals surface area contributed by atoms with Crippen LogP contribution in [0, 0.1) is 12.7 Å². The van der Waals surface area contributed by atoms with E-state index < -0.39 is 6.10 Å². The number of anilines is 1. The predicted molar refractivity (Wildman–Crippen MR) is 111 cm³/mol. The summed E-state index contributed by atoms with van der Waals surface area (Å²) >= 11 is 8.74. The third kappa shape index (κ3) is 5.67. The molecule has 1 heterocycles. The zero-order valence-corrected chi connectivity index (χ0v) is 17.5. The molecule has 0 aliphatic rings. The number of ether oxygens (including phenoxy) is 1. The highest BCUT2D eigenvalue weighted by molar-refractivity contribution is 8.00. The highest BCUT2D eigenvalue weighted by Crippen LogP contribution is 2.28. The van der Waals surface area contributed by atoms with E-state index in [1.54, 1.807) is 37.3 Å². The van der Waals surface area contributed by atoms with Gasteiger partial charge in [-0.3, -0.25) is 10.1 Å². The lowest BCUT2D eigenvalue weighted by atomic mass is 10.2. The summed E-state index contributed by atoms with van der Waals surface area (Å²) in [5.74, 6) is 0.620. The van der Waals surface area contributed by atoms with Crippen molar-refractivity contribution in [2.24, 2.45) is 0 Å². The third-order valence-electron chi connectivity index (χ3n) is 3.72. The van der Waals surface area contributed by atoms with Crippen LogP contribution in [0.25, 0.3) is 0 Å². The average molecular weight is 438 g/mol. The van der Waals surface area contributed by atoms with Gasteiger partial charge in [-0.2, -0.15) is 0 Å². The lowest BCUT2D eigenvalue weighted by Gasteiger charge is -2.14. The Morgan fingerprint density at radius 3 is 2.75 bits per heavy atom. The number of thioether (sulfide) groups is 1. The number of hydrogen-bond acceptors (Lipinski definition) is 6. The van der Waals surface area contributed by atoms with Crippen LogP contribution in [0.1, 0.15) is 18.1 Å². The molecule has 0 saturated carbocycles. The fourth-order valence-electron chi connectivity index (χ4n) is 2.20. The van der Waals surface area contributed by atoms with Crippen LogP contribution < -0.4 is 10.1 Å². The zero-order valence-electron chi connectivity index (χ0n) is 15.1. The molecule has 3 aromatic rings. The Morgan fingerprint density at radius 2 is 2.04 bits per heavy atom. The van der Waals surface area contributed by atoms with Crippen LogP contribution in [0.15, 0.2) is 46.8 Å². The van der Waals surface area contributed by atoms with Crippen molar-refractivity contribution in [3.05, 3.63) is 64.4 Å². The molecule has 1 unspecified atom stereocenters. The van der Waals surface area contributed by atoms with Crippen LogP contribution in [-0.4, -0.2) is 22.2 Å². The van der Waals surface area contributed by atoms with Crippen LogP contribution in [0.4, 0.5) is 9.52 Å². The molecule has 146 valence electrons. The van der Waals surface area contributed by atoms with Crippen molar-refractivity contribution in [2.75, 3.05) is 5.32 Å². The maximum Gasteiger partial charge on any atom is 0.266 e. The zero-order chi connectivity index (χ0) is 20.1. The summed E-state index contributed by atoms with van der Waals surface area (Å²) in [7, 11) is 0. The van der Waals surface area contributed by atoms with Crippen LogP contribution >= 0.6 is 34.7 Å². The first-order valence-electron chi connectivity index (χ1n) is 8.35. The Balaban J connectivity index is 1.52. The molecule has 9 heteroatoms. The van der Waals surface area contributed by atoms with E-state index in [1.807, 2.05) is 6.92 Å². The standard InChI is InChI=1S/C19H17ClFN3O2S2/c1-11-9-15(7-8-16(11)20)26-12(2)17(25)22-18-23-24-19(28-18)27-10-13-3-5-14(21)6-4-13/h3-9,12H,10H2,1-2H3,(H,22,23,25). The lowest BCUT2D eigenvalue weighted by Crippen LogP contribution is -2.30. The van der Waals surface area contributed by atoms with Gasteiger partial charge in [0.05, 0.1) is 0 Å². The highest BCUT2D eigenvalue weighted by atomic mass is 35.5. The summed E-state index contributed by atoms with van der Waals surface area (Å²) in [6.45, 7) is 3.52. The normalized spacial score (nSPS) is 11.9. The predicted octanol–water partition coefficient (Wildman–Crippen LogP) is 5.34. The van der Waals surface area contributed by atoms with Gasteiger partial charge < -0.3 is 4.74 Å². The maximum absolute atomic E-state index is 12.9. The first-order chi connectivity index (χ1) is 13.4. The van der Waals surface area contributed by atoms with Gasteiger partial charge in [0.15, 0.2) is 10.4 Å². The summed E-state index contributed by atoms with van der Waals surface area (Å²) in [6.07, 6.45) is -0.709. The monoisotopic (exact) mass is 437 g/mol. The highest BCUT2D eigenvalue weighted by Gasteiger charge is 2.17. The number of carbonyl (C=O) groups is 1. The molecule has 0 bridgehead atoms. The average Bonchev–Trinajstić information content (AvgIpc) is 3.11. The quantitative estimate of drug-likeness (QED) is 0.399. The first-order valence-corrected chi connectivity index (χ1v) is 10.5. The Morgan fingerprint density at radius 1 is 1.29 bits per heavy atom. The van der Waals surface area contributed by atoms with Gasteiger partial charge in [0.1, 0.15) is 11.6 Å². The summed E-state index contributed by atoms with van der Waals surface area (Å²) in [4.78, 5) is 12.3. The number of aryl methyl sites for hydroxylation is 1. The molecule has 0 aliphatic carbocycles. The lowest BCUT2D eigenvalue weighted by molar-refractivity contribution is -0.122.